The summed E-state index contributed by atoms with van der Waals surface area (Å²) in [6.07, 6.45) is 0. The second-order valence-electron chi connectivity index (χ2n) is 3.93. The van der Waals surface area contributed by atoms with Crippen LogP contribution in [-0.2, 0) is 4.79 Å². The first-order valence-corrected chi connectivity index (χ1v) is 5.97. The zero-order valence-electron chi connectivity index (χ0n) is 9.59. The molecule has 5 heteroatoms. The fourth-order valence-corrected chi connectivity index (χ4v) is 1.67. The van der Waals surface area contributed by atoms with Crippen LogP contribution >= 0.6 is 15.9 Å². The van der Waals surface area contributed by atoms with E-state index in [4.69, 9.17) is 0 Å². The van der Waals surface area contributed by atoms with Crippen LogP contribution in [0.25, 0.3) is 0 Å². The van der Waals surface area contributed by atoms with Gasteiger partial charge in [-0.3, -0.25) is 9.59 Å². The smallest absolute Gasteiger partial charge is 0.252 e. The van der Waals surface area contributed by atoms with Crippen LogP contribution in [0, 0.1) is 11.7 Å². The lowest BCUT2D eigenvalue weighted by molar-refractivity contribution is -0.120. The third-order valence-electron chi connectivity index (χ3n) is 2.24. The number of carbonyl (C=O) groups excluding carboxylic acids is 2. The van der Waals surface area contributed by atoms with Crippen LogP contribution in [0.2, 0.25) is 0 Å². The average molecular weight is 302 g/mol. The van der Waals surface area contributed by atoms with Crippen molar-refractivity contribution < 1.29 is 14.0 Å². The molecular formula is C12H13BrFNO2. The van der Waals surface area contributed by atoms with E-state index in [2.05, 4.69) is 21.2 Å². The molecule has 0 heterocycles. The van der Waals surface area contributed by atoms with Crippen molar-refractivity contribution in [1.29, 1.82) is 0 Å². The van der Waals surface area contributed by atoms with Crippen molar-refractivity contribution in [1.82, 2.24) is 5.32 Å². The summed E-state index contributed by atoms with van der Waals surface area (Å²) in [6.45, 7) is 3.52. The van der Waals surface area contributed by atoms with Gasteiger partial charge in [0.1, 0.15) is 5.82 Å². The second-order valence-corrected chi connectivity index (χ2v) is 4.78. The Balaban J connectivity index is 2.68. The van der Waals surface area contributed by atoms with Crippen molar-refractivity contribution in [3.63, 3.8) is 0 Å². The number of carbonyl (C=O) groups is 2. The lowest BCUT2D eigenvalue weighted by Crippen LogP contribution is -2.31. The Morgan fingerprint density at radius 1 is 1.41 bits per heavy atom. The maximum atomic E-state index is 12.8. The molecule has 0 saturated heterocycles. The van der Waals surface area contributed by atoms with Gasteiger partial charge in [0.05, 0.1) is 12.1 Å². The number of rotatable bonds is 4. The standard InChI is InChI=1S/C12H13BrFNO2/c1-7(2)11(16)6-15-12(17)9-4-3-8(14)5-10(9)13/h3-5,7H,6H2,1-2H3,(H,15,17). The topological polar surface area (TPSA) is 46.2 Å². The normalized spacial score (nSPS) is 10.4. The number of ketones is 1. The lowest BCUT2D eigenvalue weighted by atomic mass is 10.1. The molecule has 0 saturated carbocycles. The van der Waals surface area contributed by atoms with Crippen LogP contribution in [0.5, 0.6) is 0 Å². The quantitative estimate of drug-likeness (QED) is 0.929. The van der Waals surface area contributed by atoms with Crippen molar-refractivity contribution in [2.75, 3.05) is 6.54 Å². The van der Waals surface area contributed by atoms with Crippen LogP contribution in [0.3, 0.4) is 0 Å². The van der Waals surface area contributed by atoms with Crippen molar-refractivity contribution in [3.05, 3.63) is 34.1 Å². The largest absolute Gasteiger partial charge is 0.345 e. The number of Topliss-reactive ketones (excluding diaryl/α,β-unsaturated/α-hetero) is 1. The zero-order valence-corrected chi connectivity index (χ0v) is 11.2. The van der Waals surface area contributed by atoms with Gasteiger partial charge < -0.3 is 5.32 Å². The molecule has 0 spiro atoms. The van der Waals surface area contributed by atoms with Crippen LogP contribution < -0.4 is 5.32 Å². The minimum atomic E-state index is -0.424. The van der Waals surface area contributed by atoms with E-state index in [1.54, 1.807) is 13.8 Å². The molecule has 0 bridgehead atoms. The molecule has 3 nitrogen and oxygen atoms in total. The number of halogens is 2. The van der Waals surface area contributed by atoms with Gasteiger partial charge in [0.2, 0.25) is 0 Å². The molecule has 17 heavy (non-hydrogen) atoms. The minimum Gasteiger partial charge on any atom is -0.345 e. The number of amides is 1. The van der Waals surface area contributed by atoms with Crippen molar-refractivity contribution >= 4 is 27.6 Å². The summed E-state index contributed by atoms with van der Waals surface area (Å²) in [5.41, 5.74) is 0.308. The Hall–Kier alpha value is -1.23. The highest BCUT2D eigenvalue weighted by Gasteiger charge is 2.13. The Bertz CT molecular complexity index is 446. The third-order valence-corrected chi connectivity index (χ3v) is 2.90. The van der Waals surface area contributed by atoms with Gasteiger partial charge in [-0.2, -0.15) is 0 Å². The molecule has 0 aliphatic carbocycles. The average Bonchev–Trinajstić information content (AvgIpc) is 2.25. The van der Waals surface area contributed by atoms with Gasteiger partial charge in [-0.1, -0.05) is 13.8 Å². The van der Waals surface area contributed by atoms with Crippen molar-refractivity contribution in [2.45, 2.75) is 13.8 Å². The van der Waals surface area contributed by atoms with Crippen LogP contribution in [0.4, 0.5) is 4.39 Å². The summed E-state index contributed by atoms with van der Waals surface area (Å²) in [5.74, 6) is -0.985. The zero-order chi connectivity index (χ0) is 13.0. The second kappa shape index (κ2) is 5.91. The molecular weight excluding hydrogens is 289 g/mol. The predicted octanol–water partition coefficient (Wildman–Crippen LogP) is 2.54. The third kappa shape index (κ3) is 3.93. The molecule has 0 aromatic heterocycles. The highest BCUT2D eigenvalue weighted by atomic mass is 79.9. The molecule has 1 aromatic rings. The maximum Gasteiger partial charge on any atom is 0.252 e. The van der Waals surface area contributed by atoms with Crippen LogP contribution in [-0.4, -0.2) is 18.2 Å². The molecule has 0 radical (unpaired) electrons. The summed E-state index contributed by atoms with van der Waals surface area (Å²) in [4.78, 5) is 23.0. The van der Waals surface area contributed by atoms with Gasteiger partial charge in [0, 0.05) is 10.4 Å². The molecule has 92 valence electrons. The molecule has 0 unspecified atom stereocenters. The molecule has 0 aliphatic rings. The fraction of sp³-hybridized carbons (Fsp3) is 0.333. The molecule has 1 N–H and O–H groups in total. The van der Waals surface area contributed by atoms with Crippen molar-refractivity contribution in [2.24, 2.45) is 5.92 Å². The van der Waals surface area contributed by atoms with Gasteiger partial charge in [-0.05, 0) is 34.1 Å². The van der Waals surface area contributed by atoms with E-state index in [-0.39, 0.29) is 18.2 Å². The first kappa shape index (κ1) is 13.8. The number of nitrogens with one attached hydrogen (secondary N) is 1. The first-order valence-electron chi connectivity index (χ1n) is 5.17. The summed E-state index contributed by atoms with van der Waals surface area (Å²) in [5, 5.41) is 2.50. The Morgan fingerprint density at radius 3 is 2.59 bits per heavy atom. The van der Waals surface area contributed by atoms with E-state index >= 15 is 0 Å². The highest BCUT2D eigenvalue weighted by Crippen LogP contribution is 2.17. The van der Waals surface area contributed by atoms with Gasteiger partial charge in [-0.15, -0.1) is 0 Å². The fourth-order valence-electron chi connectivity index (χ4n) is 1.14. The minimum absolute atomic E-state index is 0.0136. The molecule has 1 amide bonds. The Kier molecular flexibility index (Phi) is 4.81. The number of benzene rings is 1. The number of hydrogen-bond donors (Lipinski definition) is 1. The van der Waals surface area contributed by atoms with Crippen LogP contribution in [0.1, 0.15) is 24.2 Å². The Morgan fingerprint density at radius 2 is 2.06 bits per heavy atom. The van der Waals surface area contributed by atoms with Gasteiger partial charge in [0.15, 0.2) is 5.78 Å². The van der Waals surface area contributed by atoms with Crippen molar-refractivity contribution in [3.8, 4) is 0 Å². The molecule has 0 fully saturated rings. The first-order chi connectivity index (χ1) is 7.91. The highest BCUT2D eigenvalue weighted by molar-refractivity contribution is 9.10. The molecule has 0 aliphatic heterocycles. The monoisotopic (exact) mass is 301 g/mol. The number of hydrogen-bond acceptors (Lipinski definition) is 2. The van der Waals surface area contributed by atoms with E-state index < -0.39 is 11.7 Å². The SMILES string of the molecule is CC(C)C(=O)CNC(=O)c1ccc(F)cc1Br. The molecule has 1 rings (SSSR count). The van der Waals surface area contributed by atoms with E-state index in [9.17, 15) is 14.0 Å². The molecule has 0 atom stereocenters. The Labute approximate surface area is 108 Å². The van der Waals surface area contributed by atoms with E-state index in [0.29, 0.717) is 10.0 Å². The molecule has 1 aromatic carbocycles. The lowest BCUT2D eigenvalue weighted by Gasteiger charge is -2.07. The van der Waals surface area contributed by atoms with Gasteiger partial charge in [-0.25, -0.2) is 4.39 Å². The summed E-state index contributed by atoms with van der Waals surface area (Å²) < 4.78 is 13.2. The van der Waals surface area contributed by atoms with E-state index in [1.807, 2.05) is 0 Å². The van der Waals surface area contributed by atoms with Gasteiger partial charge in [0.25, 0.3) is 5.91 Å². The van der Waals surface area contributed by atoms with E-state index in [0.717, 1.165) is 0 Å². The summed E-state index contributed by atoms with van der Waals surface area (Å²) >= 11 is 3.10. The summed E-state index contributed by atoms with van der Waals surface area (Å²) in [7, 11) is 0. The summed E-state index contributed by atoms with van der Waals surface area (Å²) in [6, 6.07) is 3.78. The van der Waals surface area contributed by atoms with Gasteiger partial charge >= 0.3 is 0 Å². The maximum absolute atomic E-state index is 12.8. The predicted molar refractivity (Wildman–Crippen MR) is 66.3 cm³/mol. The van der Waals surface area contributed by atoms with Crippen LogP contribution in [0.15, 0.2) is 22.7 Å². The van der Waals surface area contributed by atoms with E-state index in [1.165, 1.54) is 18.2 Å².